The van der Waals surface area contributed by atoms with Crippen molar-refractivity contribution in [1.29, 1.82) is 0 Å². The molecule has 0 aromatic heterocycles. The van der Waals surface area contributed by atoms with Gasteiger partial charge in [-0.05, 0) is 25.0 Å². The monoisotopic (exact) mass is 326 g/mol. The Morgan fingerprint density at radius 1 is 1.26 bits per heavy atom. The summed E-state index contributed by atoms with van der Waals surface area (Å²) in [4.78, 5) is 24.7. The maximum absolute atomic E-state index is 13.3. The second-order valence-electron chi connectivity index (χ2n) is 5.87. The number of amides is 2. The van der Waals surface area contributed by atoms with Gasteiger partial charge in [-0.15, -0.1) is 0 Å². The van der Waals surface area contributed by atoms with Crippen molar-refractivity contribution in [2.75, 3.05) is 13.1 Å². The highest BCUT2D eigenvalue weighted by Gasteiger charge is 2.46. The van der Waals surface area contributed by atoms with Crippen LogP contribution >= 0.6 is 0 Å². The number of alkyl halides is 3. The SMILES string of the molecule is CC1(C(N)=O)CCN(C(=O)C(=Cc2ccccc2)C(F)(F)F)C1. The smallest absolute Gasteiger partial charge is 0.369 e. The van der Waals surface area contributed by atoms with Crippen molar-refractivity contribution in [3.8, 4) is 0 Å². The summed E-state index contributed by atoms with van der Waals surface area (Å²) in [7, 11) is 0. The zero-order valence-electron chi connectivity index (χ0n) is 12.6. The van der Waals surface area contributed by atoms with E-state index in [1.807, 2.05) is 0 Å². The van der Waals surface area contributed by atoms with Crippen LogP contribution in [0.3, 0.4) is 0 Å². The first-order chi connectivity index (χ1) is 10.6. The van der Waals surface area contributed by atoms with E-state index in [4.69, 9.17) is 5.73 Å². The minimum Gasteiger partial charge on any atom is -0.369 e. The van der Waals surface area contributed by atoms with Crippen LogP contribution in [-0.4, -0.2) is 36.0 Å². The predicted octanol–water partition coefficient (Wildman–Crippen LogP) is 2.36. The van der Waals surface area contributed by atoms with E-state index < -0.39 is 29.0 Å². The van der Waals surface area contributed by atoms with Crippen LogP contribution in [-0.2, 0) is 9.59 Å². The van der Waals surface area contributed by atoms with Crippen molar-refractivity contribution < 1.29 is 22.8 Å². The topological polar surface area (TPSA) is 63.4 Å². The molecule has 1 aromatic carbocycles. The van der Waals surface area contributed by atoms with E-state index in [9.17, 15) is 22.8 Å². The van der Waals surface area contributed by atoms with Gasteiger partial charge in [0.25, 0.3) is 5.91 Å². The second kappa shape index (κ2) is 6.06. The Hall–Kier alpha value is -2.31. The van der Waals surface area contributed by atoms with Crippen molar-refractivity contribution in [3.05, 3.63) is 41.5 Å². The van der Waals surface area contributed by atoms with Gasteiger partial charge >= 0.3 is 6.18 Å². The standard InChI is InChI=1S/C16H17F3N2O2/c1-15(14(20)23)7-8-21(10-15)13(22)12(16(17,18)19)9-11-5-3-2-4-6-11/h2-6,9H,7-8,10H2,1H3,(H2,20,23). The normalized spacial score (nSPS) is 22.3. The van der Waals surface area contributed by atoms with Crippen LogP contribution < -0.4 is 5.73 Å². The van der Waals surface area contributed by atoms with E-state index in [2.05, 4.69) is 0 Å². The number of rotatable bonds is 3. The summed E-state index contributed by atoms with van der Waals surface area (Å²) in [6.07, 6.45) is -3.70. The quantitative estimate of drug-likeness (QED) is 0.867. The maximum Gasteiger partial charge on any atom is 0.421 e. The molecule has 2 rings (SSSR count). The van der Waals surface area contributed by atoms with Gasteiger partial charge in [0, 0.05) is 13.1 Å². The van der Waals surface area contributed by atoms with Gasteiger partial charge in [-0.2, -0.15) is 13.2 Å². The second-order valence-corrected chi connectivity index (χ2v) is 5.87. The molecule has 0 aliphatic carbocycles. The van der Waals surface area contributed by atoms with Gasteiger partial charge in [0.05, 0.1) is 5.41 Å². The molecule has 0 saturated carbocycles. The third-order valence-electron chi connectivity index (χ3n) is 4.00. The molecular formula is C16H17F3N2O2. The summed E-state index contributed by atoms with van der Waals surface area (Å²) in [5, 5.41) is 0. The lowest BCUT2D eigenvalue weighted by Gasteiger charge is -2.23. The first kappa shape index (κ1) is 17.1. The van der Waals surface area contributed by atoms with Crippen LogP contribution in [0.5, 0.6) is 0 Å². The summed E-state index contributed by atoms with van der Waals surface area (Å²) in [6.45, 7) is 1.51. The molecular weight excluding hydrogens is 309 g/mol. The van der Waals surface area contributed by atoms with Gasteiger partial charge in [0.15, 0.2) is 0 Å². The molecule has 7 heteroatoms. The Bertz CT molecular complexity index is 640. The minimum absolute atomic E-state index is 0.0699. The van der Waals surface area contributed by atoms with Crippen molar-refractivity contribution in [2.24, 2.45) is 11.1 Å². The third kappa shape index (κ3) is 3.72. The summed E-state index contributed by atoms with van der Waals surface area (Å²) in [5.74, 6) is -1.75. The molecule has 2 N–H and O–H groups in total. The lowest BCUT2D eigenvalue weighted by atomic mass is 9.89. The molecule has 4 nitrogen and oxygen atoms in total. The zero-order chi connectivity index (χ0) is 17.3. The molecule has 1 aliphatic rings. The molecule has 124 valence electrons. The zero-order valence-corrected chi connectivity index (χ0v) is 12.6. The van der Waals surface area contributed by atoms with Crippen LogP contribution in [0.15, 0.2) is 35.9 Å². The predicted molar refractivity (Wildman–Crippen MR) is 79.0 cm³/mol. The van der Waals surface area contributed by atoms with Crippen molar-refractivity contribution in [3.63, 3.8) is 0 Å². The Morgan fingerprint density at radius 2 is 1.87 bits per heavy atom. The molecule has 0 bridgehead atoms. The van der Waals surface area contributed by atoms with Crippen LogP contribution in [0.4, 0.5) is 13.2 Å². The Kier molecular flexibility index (Phi) is 4.49. The Labute approximate surface area is 131 Å². The Morgan fingerprint density at radius 3 is 2.35 bits per heavy atom. The first-order valence-corrected chi connectivity index (χ1v) is 7.07. The first-order valence-electron chi connectivity index (χ1n) is 7.07. The number of nitrogens with two attached hydrogens (primary N) is 1. The molecule has 0 radical (unpaired) electrons. The summed E-state index contributed by atoms with van der Waals surface area (Å²) in [5.41, 5.74) is 3.31. The number of carbonyl (C=O) groups excluding carboxylic acids is 2. The fraction of sp³-hybridized carbons (Fsp3) is 0.375. The summed E-state index contributed by atoms with van der Waals surface area (Å²) in [6, 6.07) is 7.81. The van der Waals surface area contributed by atoms with E-state index in [0.717, 1.165) is 11.0 Å². The van der Waals surface area contributed by atoms with Crippen LogP contribution in [0.2, 0.25) is 0 Å². The lowest BCUT2D eigenvalue weighted by Crippen LogP contribution is -2.40. The minimum atomic E-state index is -4.78. The average Bonchev–Trinajstić information content (AvgIpc) is 2.88. The molecule has 1 saturated heterocycles. The summed E-state index contributed by atoms with van der Waals surface area (Å²) < 4.78 is 39.8. The number of primary amides is 1. The fourth-order valence-corrected chi connectivity index (χ4v) is 2.49. The van der Waals surface area contributed by atoms with E-state index in [-0.39, 0.29) is 25.1 Å². The third-order valence-corrected chi connectivity index (χ3v) is 4.00. The highest BCUT2D eigenvalue weighted by Crippen LogP contribution is 2.34. The maximum atomic E-state index is 13.3. The van der Waals surface area contributed by atoms with E-state index >= 15 is 0 Å². The number of carbonyl (C=O) groups is 2. The largest absolute Gasteiger partial charge is 0.421 e. The molecule has 23 heavy (non-hydrogen) atoms. The van der Waals surface area contributed by atoms with Crippen molar-refractivity contribution >= 4 is 17.9 Å². The van der Waals surface area contributed by atoms with Gasteiger partial charge in [0.2, 0.25) is 5.91 Å². The highest BCUT2D eigenvalue weighted by molar-refractivity contribution is 5.99. The van der Waals surface area contributed by atoms with E-state index in [1.54, 1.807) is 25.1 Å². The number of hydrogen-bond acceptors (Lipinski definition) is 2. The number of halogens is 3. The van der Waals surface area contributed by atoms with Crippen molar-refractivity contribution in [2.45, 2.75) is 19.5 Å². The molecule has 1 aliphatic heterocycles. The van der Waals surface area contributed by atoms with E-state index in [1.165, 1.54) is 12.1 Å². The average molecular weight is 326 g/mol. The molecule has 1 aromatic rings. The van der Waals surface area contributed by atoms with E-state index in [0.29, 0.717) is 0 Å². The van der Waals surface area contributed by atoms with Gasteiger partial charge in [-0.25, -0.2) is 0 Å². The highest BCUT2D eigenvalue weighted by atomic mass is 19.4. The molecule has 2 amide bonds. The molecule has 1 unspecified atom stereocenters. The van der Waals surface area contributed by atoms with Gasteiger partial charge < -0.3 is 10.6 Å². The number of benzene rings is 1. The van der Waals surface area contributed by atoms with Crippen LogP contribution in [0, 0.1) is 5.41 Å². The van der Waals surface area contributed by atoms with Crippen LogP contribution in [0.25, 0.3) is 6.08 Å². The van der Waals surface area contributed by atoms with Gasteiger partial charge in [-0.3, -0.25) is 9.59 Å². The van der Waals surface area contributed by atoms with Gasteiger partial charge in [0.1, 0.15) is 5.57 Å². The number of likely N-dealkylation sites (tertiary alicyclic amines) is 1. The van der Waals surface area contributed by atoms with Crippen LogP contribution in [0.1, 0.15) is 18.9 Å². The number of hydrogen-bond donors (Lipinski definition) is 1. The summed E-state index contributed by atoms with van der Waals surface area (Å²) >= 11 is 0. The fourth-order valence-electron chi connectivity index (χ4n) is 2.49. The molecule has 1 fully saturated rings. The Balaban J connectivity index is 2.30. The molecule has 0 spiro atoms. The van der Waals surface area contributed by atoms with Crippen molar-refractivity contribution in [1.82, 2.24) is 4.90 Å². The number of nitrogens with zero attached hydrogens (tertiary/aromatic N) is 1. The van der Waals surface area contributed by atoms with Gasteiger partial charge in [-0.1, -0.05) is 30.3 Å². The molecule has 1 heterocycles. The lowest BCUT2D eigenvalue weighted by molar-refractivity contribution is -0.138. The molecule has 1 atom stereocenters.